The fraction of sp³-hybridized carbons (Fsp3) is 0.222. The molecule has 120 valence electrons. The van der Waals surface area contributed by atoms with E-state index in [0.29, 0.717) is 12.4 Å². The summed E-state index contributed by atoms with van der Waals surface area (Å²) in [6.07, 6.45) is 5.25. The predicted octanol–water partition coefficient (Wildman–Crippen LogP) is 3.07. The molecule has 1 aromatic carbocycles. The molecule has 0 aliphatic carbocycles. The summed E-state index contributed by atoms with van der Waals surface area (Å²) in [5, 5.41) is 9.66. The minimum atomic E-state index is -0.957. The molecule has 6 nitrogen and oxygen atoms in total. The van der Waals surface area contributed by atoms with Crippen molar-refractivity contribution in [3.05, 3.63) is 47.5 Å². The van der Waals surface area contributed by atoms with Crippen molar-refractivity contribution >= 4 is 23.4 Å². The van der Waals surface area contributed by atoms with E-state index < -0.39 is 5.97 Å². The second-order valence-electron chi connectivity index (χ2n) is 6.13. The number of allylic oxidation sites excluding steroid dienone is 1. The van der Waals surface area contributed by atoms with Crippen LogP contribution in [-0.2, 0) is 0 Å². The number of aromatic carboxylic acids is 1. The average Bonchev–Trinajstić information content (AvgIpc) is 2.92. The maximum Gasteiger partial charge on any atom is 0.337 e. The van der Waals surface area contributed by atoms with E-state index in [2.05, 4.69) is 28.8 Å². The second kappa shape index (κ2) is 5.26. The summed E-state index contributed by atoms with van der Waals surface area (Å²) in [7, 11) is 0. The fourth-order valence-electron chi connectivity index (χ4n) is 3.28. The average molecular weight is 320 g/mol. The minimum Gasteiger partial charge on any atom is -0.478 e. The number of carbonyl (C=O) groups is 1. The Labute approximate surface area is 139 Å². The van der Waals surface area contributed by atoms with Gasteiger partial charge < -0.3 is 10.0 Å². The molecule has 6 heteroatoms. The first-order chi connectivity index (χ1) is 11.6. The van der Waals surface area contributed by atoms with Crippen LogP contribution in [0, 0.1) is 5.92 Å². The summed E-state index contributed by atoms with van der Waals surface area (Å²) in [5.41, 5.74) is 5.20. The minimum absolute atomic E-state index is 0.243. The Morgan fingerprint density at radius 1 is 1.33 bits per heavy atom. The van der Waals surface area contributed by atoms with Gasteiger partial charge in [-0.2, -0.15) is 0 Å². The van der Waals surface area contributed by atoms with Crippen LogP contribution in [0.4, 0.5) is 5.69 Å². The zero-order chi connectivity index (χ0) is 16.8. The number of anilines is 1. The van der Waals surface area contributed by atoms with Crippen LogP contribution in [0.25, 0.3) is 17.3 Å². The van der Waals surface area contributed by atoms with Gasteiger partial charge in [-0.15, -0.1) is 0 Å². The SMILES string of the molecule is CC(C)C1=NCN2C1=Cc1cncnc1-c1cccc(C(=O)O)c12. The first kappa shape index (κ1) is 14.6. The van der Waals surface area contributed by atoms with Crippen molar-refractivity contribution in [1.82, 2.24) is 9.97 Å². The van der Waals surface area contributed by atoms with Crippen LogP contribution in [0.1, 0.15) is 29.8 Å². The number of nitrogens with zero attached hydrogens (tertiary/aromatic N) is 4. The number of aliphatic imine (C=N–C) groups is 1. The van der Waals surface area contributed by atoms with Gasteiger partial charge in [0.05, 0.1) is 28.4 Å². The van der Waals surface area contributed by atoms with Gasteiger partial charge in [-0.3, -0.25) is 4.99 Å². The Balaban J connectivity index is 2.06. The van der Waals surface area contributed by atoms with Crippen molar-refractivity contribution in [2.45, 2.75) is 13.8 Å². The van der Waals surface area contributed by atoms with E-state index in [1.165, 1.54) is 6.33 Å². The molecule has 3 heterocycles. The van der Waals surface area contributed by atoms with Gasteiger partial charge in [0.25, 0.3) is 0 Å². The Hall–Kier alpha value is -3.02. The van der Waals surface area contributed by atoms with Crippen molar-refractivity contribution in [3.8, 4) is 11.3 Å². The van der Waals surface area contributed by atoms with Crippen LogP contribution in [0.2, 0.25) is 0 Å². The zero-order valence-corrected chi connectivity index (χ0v) is 13.4. The second-order valence-corrected chi connectivity index (χ2v) is 6.13. The topological polar surface area (TPSA) is 78.7 Å². The Kier molecular flexibility index (Phi) is 3.19. The number of carboxylic acids is 1. The number of aromatic nitrogens is 2. The van der Waals surface area contributed by atoms with Crippen molar-refractivity contribution in [2.24, 2.45) is 10.9 Å². The van der Waals surface area contributed by atoms with Crippen molar-refractivity contribution in [2.75, 3.05) is 11.6 Å². The molecule has 0 amide bonds. The molecule has 0 spiro atoms. The number of hydrogen-bond acceptors (Lipinski definition) is 5. The summed E-state index contributed by atoms with van der Waals surface area (Å²) in [6, 6.07) is 5.27. The lowest BCUT2D eigenvalue weighted by molar-refractivity contribution is 0.0697. The van der Waals surface area contributed by atoms with E-state index in [1.807, 2.05) is 17.0 Å². The van der Waals surface area contributed by atoms with Gasteiger partial charge in [0.1, 0.15) is 13.0 Å². The number of para-hydroxylation sites is 1. The first-order valence-corrected chi connectivity index (χ1v) is 7.78. The highest BCUT2D eigenvalue weighted by Crippen LogP contribution is 2.42. The van der Waals surface area contributed by atoms with E-state index in [1.54, 1.807) is 18.3 Å². The van der Waals surface area contributed by atoms with Crippen LogP contribution in [0.5, 0.6) is 0 Å². The normalized spacial score (nSPS) is 15.2. The molecule has 24 heavy (non-hydrogen) atoms. The lowest BCUT2D eigenvalue weighted by Gasteiger charge is -2.23. The summed E-state index contributed by atoms with van der Waals surface area (Å²) in [4.78, 5) is 26.9. The molecule has 0 saturated carbocycles. The molecule has 2 aromatic rings. The molecule has 0 atom stereocenters. The summed E-state index contributed by atoms with van der Waals surface area (Å²) >= 11 is 0. The van der Waals surface area contributed by atoms with Crippen LogP contribution < -0.4 is 4.90 Å². The number of carboxylic acid groups (broad SMARTS) is 1. The molecule has 2 aliphatic heterocycles. The maximum atomic E-state index is 11.8. The van der Waals surface area contributed by atoms with Crippen LogP contribution in [-0.4, -0.2) is 33.4 Å². The number of rotatable bonds is 2. The molecule has 4 rings (SSSR count). The van der Waals surface area contributed by atoms with Crippen molar-refractivity contribution in [1.29, 1.82) is 0 Å². The quantitative estimate of drug-likeness (QED) is 0.920. The maximum absolute atomic E-state index is 11.8. The molecular weight excluding hydrogens is 304 g/mol. The van der Waals surface area contributed by atoms with Gasteiger partial charge >= 0.3 is 5.97 Å². The van der Waals surface area contributed by atoms with Gasteiger partial charge in [-0.25, -0.2) is 14.8 Å². The summed E-state index contributed by atoms with van der Waals surface area (Å²) < 4.78 is 0. The van der Waals surface area contributed by atoms with Gasteiger partial charge in [-0.1, -0.05) is 26.0 Å². The first-order valence-electron chi connectivity index (χ1n) is 7.78. The molecular formula is C18H16N4O2. The van der Waals surface area contributed by atoms with Crippen LogP contribution in [0.15, 0.2) is 41.4 Å². The van der Waals surface area contributed by atoms with Gasteiger partial charge in [-0.05, 0) is 18.1 Å². The van der Waals surface area contributed by atoms with Gasteiger partial charge in [0, 0.05) is 17.3 Å². The third-order valence-corrected chi connectivity index (χ3v) is 4.31. The molecule has 2 aliphatic rings. The molecule has 0 bridgehead atoms. The molecule has 1 N–H and O–H groups in total. The highest BCUT2D eigenvalue weighted by molar-refractivity contribution is 6.14. The number of hydrogen-bond donors (Lipinski definition) is 1. The summed E-state index contributed by atoms with van der Waals surface area (Å²) in [6.45, 7) is 4.58. The van der Waals surface area contributed by atoms with E-state index in [4.69, 9.17) is 0 Å². The highest BCUT2D eigenvalue weighted by atomic mass is 16.4. The van der Waals surface area contributed by atoms with Gasteiger partial charge in [0.15, 0.2) is 0 Å². The lowest BCUT2D eigenvalue weighted by atomic mass is 10.0. The fourth-order valence-corrected chi connectivity index (χ4v) is 3.28. The van der Waals surface area contributed by atoms with Crippen LogP contribution >= 0.6 is 0 Å². The van der Waals surface area contributed by atoms with Crippen molar-refractivity contribution in [3.63, 3.8) is 0 Å². The lowest BCUT2D eigenvalue weighted by Crippen LogP contribution is -2.24. The molecule has 0 fully saturated rings. The van der Waals surface area contributed by atoms with E-state index in [-0.39, 0.29) is 11.5 Å². The smallest absolute Gasteiger partial charge is 0.337 e. The van der Waals surface area contributed by atoms with E-state index in [9.17, 15) is 9.90 Å². The summed E-state index contributed by atoms with van der Waals surface area (Å²) in [5.74, 6) is -0.713. The number of benzene rings is 1. The molecule has 0 radical (unpaired) electrons. The largest absolute Gasteiger partial charge is 0.478 e. The number of fused-ring (bicyclic) bond motifs is 5. The van der Waals surface area contributed by atoms with Crippen LogP contribution in [0.3, 0.4) is 0 Å². The monoisotopic (exact) mass is 320 g/mol. The Bertz CT molecular complexity index is 915. The third kappa shape index (κ3) is 2.03. The Morgan fingerprint density at radius 3 is 2.92 bits per heavy atom. The predicted molar refractivity (Wildman–Crippen MR) is 92.0 cm³/mol. The molecule has 1 aromatic heterocycles. The Morgan fingerprint density at radius 2 is 2.17 bits per heavy atom. The zero-order valence-electron chi connectivity index (χ0n) is 13.4. The molecule has 0 unspecified atom stereocenters. The van der Waals surface area contributed by atoms with E-state index >= 15 is 0 Å². The van der Waals surface area contributed by atoms with Crippen molar-refractivity contribution < 1.29 is 9.90 Å². The van der Waals surface area contributed by atoms with Gasteiger partial charge in [0.2, 0.25) is 0 Å². The van der Waals surface area contributed by atoms with E-state index in [0.717, 1.165) is 28.2 Å². The standard InChI is InChI=1S/C18H16N4O2/c1-10(2)15-14-6-11-7-19-8-20-16(11)12-4-3-5-13(18(23)24)17(12)22(14)9-21-15/h3-8,10H,9H2,1-2H3,(H,23,24). The highest BCUT2D eigenvalue weighted by Gasteiger charge is 2.33. The third-order valence-electron chi connectivity index (χ3n) is 4.31. The molecule has 0 saturated heterocycles.